The molecule has 0 N–H and O–H groups in total. The Hall–Kier alpha value is -1.82. The largest absolute Gasteiger partial charge is 0.0912 e. The summed E-state index contributed by atoms with van der Waals surface area (Å²) in [4.78, 5) is 0. The zero-order chi connectivity index (χ0) is 11.2. The Morgan fingerprint density at radius 2 is 1.94 bits per heavy atom. The lowest BCUT2D eigenvalue weighted by molar-refractivity contribution is 1.02. The Morgan fingerprint density at radius 3 is 2.62 bits per heavy atom. The van der Waals surface area contributed by atoms with Crippen LogP contribution in [0.25, 0.3) is 6.08 Å². The Balaban J connectivity index is 2.05. The van der Waals surface area contributed by atoms with Gasteiger partial charge in [0, 0.05) is 0 Å². The van der Waals surface area contributed by atoms with Crippen LogP contribution in [0.3, 0.4) is 0 Å². The van der Waals surface area contributed by atoms with Crippen LogP contribution >= 0.6 is 0 Å². The summed E-state index contributed by atoms with van der Waals surface area (Å²) in [7, 11) is 0. The molecule has 2 rings (SSSR count). The van der Waals surface area contributed by atoms with Crippen LogP contribution in [0, 0.1) is 0 Å². The summed E-state index contributed by atoms with van der Waals surface area (Å²) >= 11 is 0. The molecule has 0 bridgehead atoms. The van der Waals surface area contributed by atoms with E-state index in [1.807, 2.05) is 18.2 Å². The van der Waals surface area contributed by atoms with Gasteiger partial charge in [0.05, 0.1) is 0 Å². The maximum absolute atomic E-state index is 4.09. The molecular formula is C16H16. The van der Waals surface area contributed by atoms with Gasteiger partial charge in [-0.05, 0) is 29.6 Å². The van der Waals surface area contributed by atoms with Gasteiger partial charge < -0.3 is 0 Å². The van der Waals surface area contributed by atoms with Gasteiger partial charge in [0.25, 0.3) is 0 Å². The second-order valence-corrected chi connectivity index (χ2v) is 3.91. The minimum Gasteiger partial charge on any atom is -0.0912 e. The van der Waals surface area contributed by atoms with Crippen molar-refractivity contribution in [3.63, 3.8) is 0 Å². The highest BCUT2D eigenvalue weighted by Crippen LogP contribution is 2.18. The molecule has 0 heterocycles. The lowest BCUT2D eigenvalue weighted by atomic mass is 10.00. The average Bonchev–Trinajstić information content (AvgIpc) is 2.38. The smallest absolute Gasteiger partial charge is 0.0233 e. The third-order valence-corrected chi connectivity index (χ3v) is 2.64. The fourth-order valence-electron chi connectivity index (χ4n) is 1.71. The molecule has 0 saturated heterocycles. The van der Waals surface area contributed by atoms with E-state index < -0.39 is 0 Å². The molecule has 0 atom stereocenters. The molecule has 0 amide bonds. The highest BCUT2D eigenvalue weighted by molar-refractivity contribution is 5.57. The molecular weight excluding hydrogens is 192 g/mol. The van der Waals surface area contributed by atoms with E-state index in [4.69, 9.17) is 0 Å². The minimum absolute atomic E-state index is 1.08. The Morgan fingerprint density at radius 1 is 1.12 bits per heavy atom. The van der Waals surface area contributed by atoms with Crippen molar-refractivity contribution in [2.45, 2.75) is 12.8 Å². The van der Waals surface area contributed by atoms with E-state index in [2.05, 4.69) is 49.1 Å². The monoisotopic (exact) mass is 208 g/mol. The Labute approximate surface area is 97.3 Å². The van der Waals surface area contributed by atoms with Crippen molar-refractivity contribution in [2.75, 3.05) is 0 Å². The summed E-state index contributed by atoms with van der Waals surface area (Å²) in [6, 6.07) is 10.3. The molecule has 0 fully saturated rings. The quantitative estimate of drug-likeness (QED) is 0.640. The predicted molar refractivity (Wildman–Crippen MR) is 71.1 cm³/mol. The topological polar surface area (TPSA) is 0 Å². The van der Waals surface area contributed by atoms with Crippen LogP contribution in [0.5, 0.6) is 0 Å². The van der Waals surface area contributed by atoms with E-state index in [0.29, 0.717) is 0 Å². The highest BCUT2D eigenvalue weighted by Gasteiger charge is 1.98. The Bertz CT molecular complexity index is 444. The molecule has 1 aliphatic carbocycles. The summed E-state index contributed by atoms with van der Waals surface area (Å²) in [5.74, 6) is 0. The van der Waals surface area contributed by atoms with Gasteiger partial charge in [-0.1, -0.05) is 67.3 Å². The fourth-order valence-corrected chi connectivity index (χ4v) is 1.71. The molecule has 0 saturated carbocycles. The lowest BCUT2D eigenvalue weighted by Crippen LogP contribution is -1.86. The van der Waals surface area contributed by atoms with Crippen molar-refractivity contribution >= 4 is 6.08 Å². The number of allylic oxidation sites excluding steroid dienone is 6. The van der Waals surface area contributed by atoms with Crippen molar-refractivity contribution < 1.29 is 0 Å². The van der Waals surface area contributed by atoms with Crippen LogP contribution in [0.15, 0.2) is 72.4 Å². The van der Waals surface area contributed by atoms with E-state index >= 15 is 0 Å². The minimum atomic E-state index is 1.08. The molecule has 0 heteroatoms. The summed E-state index contributed by atoms with van der Waals surface area (Å²) in [5.41, 5.74) is 3.54. The third kappa shape index (κ3) is 2.83. The van der Waals surface area contributed by atoms with Gasteiger partial charge in [0.15, 0.2) is 0 Å². The first-order valence-corrected chi connectivity index (χ1v) is 5.65. The third-order valence-electron chi connectivity index (χ3n) is 2.64. The van der Waals surface area contributed by atoms with Crippen LogP contribution in [0.4, 0.5) is 0 Å². The van der Waals surface area contributed by atoms with Gasteiger partial charge in [-0.25, -0.2) is 0 Å². The van der Waals surface area contributed by atoms with Crippen molar-refractivity contribution in [2.24, 2.45) is 0 Å². The van der Waals surface area contributed by atoms with Crippen LogP contribution in [0.2, 0.25) is 0 Å². The number of hydrogen-bond acceptors (Lipinski definition) is 0. The van der Waals surface area contributed by atoms with E-state index in [-0.39, 0.29) is 0 Å². The second-order valence-electron chi connectivity index (χ2n) is 3.91. The maximum atomic E-state index is 4.09. The van der Waals surface area contributed by atoms with Crippen molar-refractivity contribution in [3.8, 4) is 0 Å². The summed E-state index contributed by atoms with van der Waals surface area (Å²) < 4.78 is 0. The number of hydrogen-bond donors (Lipinski definition) is 0. The number of benzene rings is 1. The van der Waals surface area contributed by atoms with Gasteiger partial charge in [-0.15, -0.1) is 0 Å². The molecule has 0 aliphatic heterocycles. The first-order valence-electron chi connectivity index (χ1n) is 5.65. The zero-order valence-corrected chi connectivity index (χ0v) is 9.39. The normalized spacial score (nSPS) is 15.1. The molecule has 1 aromatic rings. The van der Waals surface area contributed by atoms with Crippen LogP contribution in [0.1, 0.15) is 18.4 Å². The zero-order valence-electron chi connectivity index (χ0n) is 9.39. The first kappa shape index (κ1) is 10.7. The van der Waals surface area contributed by atoms with Crippen molar-refractivity contribution in [3.05, 3.63) is 77.9 Å². The van der Waals surface area contributed by atoms with E-state index in [1.54, 1.807) is 0 Å². The maximum Gasteiger partial charge on any atom is -0.0233 e. The predicted octanol–water partition coefficient (Wildman–Crippen LogP) is 4.53. The summed E-state index contributed by atoms with van der Waals surface area (Å²) in [5, 5.41) is 0. The molecule has 1 aromatic carbocycles. The summed E-state index contributed by atoms with van der Waals surface area (Å²) in [6.07, 6.45) is 13.1. The van der Waals surface area contributed by atoms with Crippen LogP contribution < -0.4 is 0 Å². The number of rotatable bonds is 3. The SMILES string of the molecule is C=C(/C=C/c1ccccc1)C1=CCCC=C1. The second kappa shape index (κ2) is 5.32. The molecule has 80 valence electrons. The van der Waals surface area contributed by atoms with Crippen LogP contribution in [-0.4, -0.2) is 0 Å². The van der Waals surface area contributed by atoms with Crippen molar-refractivity contribution in [1.82, 2.24) is 0 Å². The van der Waals surface area contributed by atoms with Gasteiger partial charge >= 0.3 is 0 Å². The standard InChI is InChI=1S/C16H16/c1-14(16-10-6-3-7-11-16)12-13-15-8-4-2-5-9-15/h2,4-6,8-13H,1,3,7H2/b13-12+. The fraction of sp³-hybridized carbons (Fsp3) is 0.125. The Kier molecular flexibility index (Phi) is 3.55. The molecule has 16 heavy (non-hydrogen) atoms. The molecule has 0 radical (unpaired) electrons. The molecule has 1 aliphatic rings. The molecule has 0 unspecified atom stereocenters. The first-order chi connectivity index (χ1) is 7.86. The van der Waals surface area contributed by atoms with Crippen molar-refractivity contribution in [1.29, 1.82) is 0 Å². The lowest BCUT2D eigenvalue weighted by Gasteiger charge is -2.06. The van der Waals surface area contributed by atoms with E-state index in [0.717, 1.165) is 18.4 Å². The van der Waals surface area contributed by atoms with Gasteiger partial charge in [0.2, 0.25) is 0 Å². The molecule has 0 nitrogen and oxygen atoms in total. The molecule has 0 spiro atoms. The van der Waals surface area contributed by atoms with Gasteiger partial charge in [0.1, 0.15) is 0 Å². The average molecular weight is 208 g/mol. The van der Waals surface area contributed by atoms with Crippen LogP contribution in [-0.2, 0) is 0 Å². The highest BCUT2D eigenvalue weighted by atomic mass is 14.0. The van der Waals surface area contributed by atoms with Gasteiger partial charge in [-0.2, -0.15) is 0 Å². The van der Waals surface area contributed by atoms with E-state index in [9.17, 15) is 0 Å². The molecule has 0 aromatic heterocycles. The van der Waals surface area contributed by atoms with Gasteiger partial charge in [-0.3, -0.25) is 0 Å². The summed E-state index contributed by atoms with van der Waals surface area (Å²) in [6.45, 7) is 4.09. The van der Waals surface area contributed by atoms with E-state index in [1.165, 1.54) is 11.1 Å².